The number of benzene rings is 1. The lowest BCUT2D eigenvalue weighted by atomic mass is 10.1. The van der Waals surface area contributed by atoms with Gasteiger partial charge in [-0.05, 0) is 59.0 Å². The number of hydrogen-bond donors (Lipinski definition) is 1. The molecule has 3 rings (SSSR count). The van der Waals surface area contributed by atoms with E-state index in [1.54, 1.807) is 0 Å². The Balaban J connectivity index is 1.98. The van der Waals surface area contributed by atoms with E-state index >= 15 is 0 Å². The lowest BCUT2D eigenvalue weighted by Crippen LogP contribution is -2.04. The zero-order valence-electron chi connectivity index (χ0n) is 10.5. The molecule has 0 saturated carbocycles. The summed E-state index contributed by atoms with van der Waals surface area (Å²) in [5.41, 5.74) is 9.25. The van der Waals surface area contributed by atoms with Gasteiger partial charge in [-0.15, -0.1) is 0 Å². The molecule has 0 amide bonds. The van der Waals surface area contributed by atoms with Crippen LogP contribution in [0.25, 0.3) is 0 Å². The van der Waals surface area contributed by atoms with Gasteiger partial charge >= 0.3 is 0 Å². The molecule has 0 bridgehead atoms. The number of hydrogen-bond acceptors (Lipinski definition) is 3. The average Bonchev–Trinajstić information content (AvgIpc) is 2.87. The van der Waals surface area contributed by atoms with E-state index in [4.69, 9.17) is 10.5 Å². The SMILES string of the molecule is NCc1cc2c(nc1Oc1ccccc1Br)CCC2. The van der Waals surface area contributed by atoms with Crippen LogP contribution in [0, 0.1) is 0 Å². The van der Waals surface area contributed by atoms with Crippen molar-refractivity contribution in [2.24, 2.45) is 5.73 Å². The molecule has 0 aliphatic heterocycles. The Morgan fingerprint density at radius 2 is 2.11 bits per heavy atom. The van der Waals surface area contributed by atoms with Crippen molar-refractivity contribution in [1.29, 1.82) is 0 Å². The van der Waals surface area contributed by atoms with E-state index in [0.717, 1.165) is 34.3 Å². The summed E-state index contributed by atoms with van der Waals surface area (Å²) in [6, 6.07) is 9.90. The number of ether oxygens (including phenoxy) is 1. The first-order valence-electron chi connectivity index (χ1n) is 6.42. The van der Waals surface area contributed by atoms with Gasteiger partial charge in [-0.3, -0.25) is 0 Å². The minimum atomic E-state index is 0.445. The number of aryl methyl sites for hydroxylation is 2. The summed E-state index contributed by atoms with van der Waals surface area (Å²) >= 11 is 3.48. The topological polar surface area (TPSA) is 48.1 Å². The molecule has 0 fully saturated rings. The van der Waals surface area contributed by atoms with Gasteiger partial charge in [-0.2, -0.15) is 0 Å². The van der Waals surface area contributed by atoms with Crippen LogP contribution >= 0.6 is 15.9 Å². The number of aromatic nitrogens is 1. The first-order valence-corrected chi connectivity index (χ1v) is 7.21. The molecule has 3 nitrogen and oxygen atoms in total. The lowest BCUT2D eigenvalue weighted by molar-refractivity contribution is 0.451. The molecule has 1 aromatic carbocycles. The predicted molar refractivity (Wildman–Crippen MR) is 78.4 cm³/mol. The molecule has 0 unspecified atom stereocenters. The number of pyridine rings is 1. The van der Waals surface area contributed by atoms with E-state index in [2.05, 4.69) is 27.0 Å². The van der Waals surface area contributed by atoms with Gasteiger partial charge in [-0.25, -0.2) is 4.98 Å². The molecule has 0 radical (unpaired) electrons. The Hall–Kier alpha value is -1.39. The highest BCUT2D eigenvalue weighted by Gasteiger charge is 2.17. The zero-order valence-corrected chi connectivity index (χ0v) is 12.1. The summed E-state index contributed by atoms with van der Waals surface area (Å²) in [7, 11) is 0. The largest absolute Gasteiger partial charge is 0.437 e. The van der Waals surface area contributed by atoms with Gasteiger partial charge in [0.05, 0.1) is 4.47 Å². The summed E-state index contributed by atoms with van der Waals surface area (Å²) in [6.07, 6.45) is 3.31. The normalized spacial score (nSPS) is 13.4. The molecule has 0 spiro atoms. The number of para-hydroxylation sites is 1. The van der Waals surface area contributed by atoms with Crippen molar-refractivity contribution >= 4 is 15.9 Å². The van der Waals surface area contributed by atoms with Gasteiger partial charge in [0.25, 0.3) is 0 Å². The Bertz CT molecular complexity index is 613. The van der Waals surface area contributed by atoms with Crippen molar-refractivity contribution in [3.8, 4) is 11.6 Å². The monoisotopic (exact) mass is 318 g/mol. The van der Waals surface area contributed by atoms with Crippen molar-refractivity contribution in [3.05, 3.63) is 51.6 Å². The summed E-state index contributed by atoms with van der Waals surface area (Å²) in [6.45, 7) is 0.445. The maximum atomic E-state index is 5.92. The summed E-state index contributed by atoms with van der Waals surface area (Å²) < 4.78 is 6.84. The van der Waals surface area contributed by atoms with E-state index in [-0.39, 0.29) is 0 Å². The Morgan fingerprint density at radius 1 is 1.26 bits per heavy atom. The fraction of sp³-hybridized carbons (Fsp3) is 0.267. The van der Waals surface area contributed by atoms with E-state index < -0.39 is 0 Å². The van der Waals surface area contributed by atoms with Gasteiger partial charge in [-0.1, -0.05) is 12.1 Å². The summed E-state index contributed by atoms with van der Waals surface area (Å²) in [5, 5.41) is 0. The highest BCUT2D eigenvalue weighted by atomic mass is 79.9. The minimum absolute atomic E-state index is 0.445. The van der Waals surface area contributed by atoms with Gasteiger partial charge in [0.1, 0.15) is 5.75 Å². The maximum absolute atomic E-state index is 5.92. The van der Waals surface area contributed by atoms with E-state index in [9.17, 15) is 0 Å². The molecule has 1 aliphatic carbocycles. The van der Waals surface area contributed by atoms with Gasteiger partial charge < -0.3 is 10.5 Å². The molecule has 1 aromatic heterocycles. The van der Waals surface area contributed by atoms with Crippen LogP contribution in [-0.4, -0.2) is 4.98 Å². The van der Waals surface area contributed by atoms with Crippen LogP contribution in [0.4, 0.5) is 0 Å². The lowest BCUT2D eigenvalue weighted by Gasteiger charge is -2.12. The van der Waals surface area contributed by atoms with Crippen molar-refractivity contribution < 1.29 is 4.74 Å². The Labute approximate surface area is 120 Å². The molecular weight excluding hydrogens is 304 g/mol. The second-order valence-electron chi connectivity index (χ2n) is 4.65. The van der Waals surface area contributed by atoms with Gasteiger partial charge in [0.2, 0.25) is 5.88 Å². The molecule has 4 heteroatoms. The average molecular weight is 319 g/mol. The van der Waals surface area contributed by atoms with E-state index in [1.165, 1.54) is 12.0 Å². The van der Waals surface area contributed by atoms with Crippen molar-refractivity contribution in [2.45, 2.75) is 25.8 Å². The van der Waals surface area contributed by atoms with Crippen molar-refractivity contribution in [3.63, 3.8) is 0 Å². The molecular formula is C15H15BrN2O. The van der Waals surface area contributed by atoms with Crippen LogP contribution in [0.1, 0.15) is 23.2 Å². The van der Waals surface area contributed by atoms with Crippen LogP contribution in [0.2, 0.25) is 0 Å². The Morgan fingerprint density at radius 3 is 2.89 bits per heavy atom. The summed E-state index contributed by atoms with van der Waals surface area (Å²) in [5.74, 6) is 1.40. The fourth-order valence-electron chi connectivity index (χ4n) is 2.37. The molecule has 1 heterocycles. The van der Waals surface area contributed by atoms with Crippen LogP contribution in [0.3, 0.4) is 0 Å². The molecule has 98 valence electrons. The minimum Gasteiger partial charge on any atom is -0.437 e. The second kappa shape index (κ2) is 5.31. The van der Waals surface area contributed by atoms with Gasteiger partial charge in [0.15, 0.2) is 0 Å². The van der Waals surface area contributed by atoms with Crippen LogP contribution in [0.15, 0.2) is 34.8 Å². The molecule has 2 N–H and O–H groups in total. The summed E-state index contributed by atoms with van der Waals surface area (Å²) in [4.78, 5) is 4.64. The molecule has 19 heavy (non-hydrogen) atoms. The molecule has 2 aromatic rings. The Kier molecular flexibility index (Phi) is 3.53. The first kappa shape index (κ1) is 12.6. The van der Waals surface area contributed by atoms with E-state index in [1.807, 2.05) is 24.3 Å². The fourth-order valence-corrected chi connectivity index (χ4v) is 2.73. The van der Waals surface area contributed by atoms with Crippen molar-refractivity contribution in [1.82, 2.24) is 4.98 Å². The second-order valence-corrected chi connectivity index (χ2v) is 5.50. The third-order valence-electron chi connectivity index (χ3n) is 3.35. The maximum Gasteiger partial charge on any atom is 0.224 e. The van der Waals surface area contributed by atoms with Gasteiger partial charge in [0, 0.05) is 17.8 Å². The van der Waals surface area contributed by atoms with E-state index in [0.29, 0.717) is 12.4 Å². The highest BCUT2D eigenvalue weighted by molar-refractivity contribution is 9.10. The first-order chi connectivity index (χ1) is 9.28. The molecule has 1 aliphatic rings. The predicted octanol–water partition coefficient (Wildman–Crippen LogP) is 3.58. The number of fused-ring (bicyclic) bond motifs is 1. The number of halogens is 1. The smallest absolute Gasteiger partial charge is 0.224 e. The van der Waals surface area contributed by atoms with Crippen LogP contribution < -0.4 is 10.5 Å². The third-order valence-corrected chi connectivity index (χ3v) is 4.01. The molecule has 0 atom stereocenters. The number of rotatable bonds is 3. The standard InChI is InChI=1S/C15H15BrN2O/c16-12-5-1-2-7-14(12)19-15-11(9-17)8-10-4-3-6-13(10)18-15/h1-2,5,7-8H,3-4,6,9,17H2. The number of nitrogens with zero attached hydrogens (tertiary/aromatic N) is 1. The molecule has 0 saturated heterocycles. The van der Waals surface area contributed by atoms with Crippen LogP contribution in [0.5, 0.6) is 11.6 Å². The van der Waals surface area contributed by atoms with Crippen LogP contribution in [-0.2, 0) is 19.4 Å². The van der Waals surface area contributed by atoms with Crippen molar-refractivity contribution in [2.75, 3.05) is 0 Å². The zero-order chi connectivity index (χ0) is 13.2. The number of nitrogens with two attached hydrogens (primary N) is 1. The highest BCUT2D eigenvalue weighted by Crippen LogP contribution is 2.32. The third kappa shape index (κ3) is 2.51. The quantitative estimate of drug-likeness (QED) is 0.940.